The minimum atomic E-state index is -0.426. The maximum atomic E-state index is 12.3. The zero-order valence-electron chi connectivity index (χ0n) is 14.8. The average Bonchev–Trinajstić information content (AvgIpc) is 2.53. The number of carbonyl (C=O) groups is 2. The molecule has 0 spiro atoms. The van der Waals surface area contributed by atoms with Gasteiger partial charge in [-0.3, -0.25) is 4.79 Å². The van der Waals surface area contributed by atoms with E-state index in [4.69, 9.17) is 4.74 Å². The first kappa shape index (κ1) is 17.7. The largest absolute Gasteiger partial charge is 0.414 e. The van der Waals surface area contributed by atoms with Crippen molar-refractivity contribution in [1.29, 1.82) is 0 Å². The van der Waals surface area contributed by atoms with Crippen molar-refractivity contribution in [2.75, 3.05) is 13.6 Å². The molecule has 2 rings (SSSR count). The third kappa shape index (κ3) is 3.82. The molecule has 0 saturated carbocycles. The summed E-state index contributed by atoms with van der Waals surface area (Å²) < 4.78 is 7.35. The highest BCUT2D eigenvalue weighted by Crippen LogP contribution is 2.25. The van der Waals surface area contributed by atoms with E-state index in [1.54, 1.807) is 25.4 Å². The molecule has 128 valence electrons. The van der Waals surface area contributed by atoms with Crippen LogP contribution in [-0.2, 0) is 7.05 Å². The lowest BCUT2D eigenvalue weighted by molar-refractivity contribution is -0.645. The first-order valence-corrected chi connectivity index (χ1v) is 7.99. The highest BCUT2D eigenvalue weighted by molar-refractivity contribution is 5.98. The van der Waals surface area contributed by atoms with Gasteiger partial charge in [-0.25, -0.2) is 9.36 Å². The third-order valence-electron chi connectivity index (χ3n) is 3.72. The summed E-state index contributed by atoms with van der Waals surface area (Å²) >= 11 is 0. The van der Waals surface area contributed by atoms with Crippen molar-refractivity contribution in [2.24, 2.45) is 7.05 Å². The Labute approximate surface area is 142 Å². The Bertz CT molecular complexity index is 771. The predicted octanol–water partition coefficient (Wildman–Crippen LogP) is 2.25. The average molecular weight is 330 g/mol. The number of aromatic nitrogens is 1. The third-order valence-corrected chi connectivity index (χ3v) is 3.72. The molecule has 1 aromatic carbocycles. The van der Waals surface area contributed by atoms with E-state index in [2.05, 4.69) is 5.32 Å². The molecule has 1 heterocycles. The van der Waals surface area contributed by atoms with Gasteiger partial charge in [-0.2, -0.15) is 0 Å². The first-order valence-electron chi connectivity index (χ1n) is 7.99. The number of rotatable bonds is 4. The molecule has 24 heavy (non-hydrogen) atoms. The molecule has 6 nitrogen and oxygen atoms in total. The lowest BCUT2D eigenvalue weighted by Crippen LogP contribution is -2.35. The van der Waals surface area contributed by atoms with Crippen molar-refractivity contribution in [3.8, 4) is 5.75 Å². The number of ether oxygens (including phenoxy) is 1. The molecule has 0 aliphatic rings. The number of nitrogens with one attached hydrogen (secondary N) is 1. The Hall–Kier alpha value is -2.63. The quantitative estimate of drug-likeness (QED) is 0.875. The van der Waals surface area contributed by atoms with Crippen molar-refractivity contribution >= 4 is 22.9 Å². The minimum absolute atomic E-state index is 0.0461. The van der Waals surface area contributed by atoms with Crippen molar-refractivity contribution < 1.29 is 18.9 Å². The van der Waals surface area contributed by atoms with E-state index >= 15 is 0 Å². The van der Waals surface area contributed by atoms with Gasteiger partial charge < -0.3 is 15.0 Å². The number of amides is 2. The van der Waals surface area contributed by atoms with Gasteiger partial charge in [-0.15, -0.1) is 0 Å². The molecule has 0 aliphatic carbocycles. The van der Waals surface area contributed by atoms with Crippen LogP contribution in [0.4, 0.5) is 4.79 Å². The van der Waals surface area contributed by atoms with Crippen LogP contribution >= 0.6 is 0 Å². The number of pyridine rings is 1. The van der Waals surface area contributed by atoms with Gasteiger partial charge in [-0.05, 0) is 32.9 Å². The highest BCUT2D eigenvalue weighted by atomic mass is 16.6. The number of hydrogen-bond acceptors (Lipinski definition) is 3. The summed E-state index contributed by atoms with van der Waals surface area (Å²) in [5.74, 6) is 0.280. The molecular weight excluding hydrogens is 306 g/mol. The van der Waals surface area contributed by atoms with Crippen LogP contribution in [0, 0.1) is 0 Å². The van der Waals surface area contributed by atoms with Crippen LogP contribution in [0.5, 0.6) is 5.75 Å². The second kappa shape index (κ2) is 7.29. The summed E-state index contributed by atoms with van der Waals surface area (Å²) in [5.41, 5.74) is 1.39. The van der Waals surface area contributed by atoms with Crippen molar-refractivity contribution in [3.63, 3.8) is 0 Å². The van der Waals surface area contributed by atoms with E-state index < -0.39 is 6.09 Å². The van der Waals surface area contributed by atoms with Crippen LogP contribution in [0.3, 0.4) is 0 Å². The van der Waals surface area contributed by atoms with E-state index in [1.165, 1.54) is 4.90 Å². The van der Waals surface area contributed by atoms with E-state index in [0.717, 1.165) is 5.52 Å². The van der Waals surface area contributed by atoms with Gasteiger partial charge in [0.2, 0.25) is 5.52 Å². The van der Waals surface area contributed by atoms with Crippen LogP contribution in [0.15, 0.2) is 30.5 Å². The number of nitrogens with zero attached hydrogens (tertiary/aromatic N) is 2. The maximum Gasteiger partial charge on any atom is 0.414 e. The molecule has 0 radical (unpaired) electrons. The number of hydrogen-bond donors (Lipinski definition) is 1. The second-order valence-corrected chi connectivity index (χ2v) is 6.04. The topological polar surface area (TPSA) is 62.5 Å². The molecule has 2 amide bonds. The summed E-state index contributed by atoms with van der Waals surface area (Å²) in [6, 6.07) is 7.27. The van der Waals surface area contributed by atoms with Gasteiger partial charge in [-0.1, -0.05) is 6.07 Å². The Morgan fingerprint density at radius 2 is 2.04 bits per heavy atom. The molecule has 1 N–H and O–H groups in total. The van der Waals surface area contributed by atoms with Gasteiger partial charge in [0.25, 0.3) is 5.91 Å². The Kier molecular flexibility index (Phi) is 5.39. The maximum absolute atomic E-state index is 12.3. The zero-order chi connectivity index (χ0) is 17.9. The molecule has 1 aromatic heterocycles. The molecule has 2 aromatic rings. The lowest BCUT2D eigenvalue weighted by Gasteiger charge is -2.15. The Balaban J connectivity index is 2.47. The van der Waals surface area contributed by atoms with Gasteiger partial charge in [0.1, 0.15) is 18.4 Å². The van der Waals surface area contributed by atoms with Crippen LogP contribution in [0.2, 0.25) is 0 Å². The fraction of sp³-hybridized carbons (Fsp3) is 0.389. The fourth-order valence-corrected chi connectivity index (χ4v) is 2.32. The van der Waals surface area contributed by atoms with E-state index in [-0.39, 0.29) is 11.9 Å². The Morgan fingerprint density at radius 3 is 2.67 bits per heavy atom. The normalized spacial score (nSPS) is 10.8. The predicted molar refractivity (Wildman–Crippen MR) is 92.1 cm³/mol. The van der Waals surface area contributed by atoms with Crippen LogP contribution in [0.25, 0.3) is 10.9 Å². The molecule has 0 atom stereocenters. The summed E-state index contributed by atoms with van der Waals surface area (Å²) in [6.07, 6.45) is 1.34. The number of benzene rings is 1. The van der Waals surface area contributed by atoms with Crippen LogP contribution < -0.4 is 14.6 Å². The molecule has 0 bridgehead atoms. The summed E-state index contributed by atoms with van der Waals surface area (Å²) in [4.78, 5) is 25.8. The number of fused-ring (bicyclic) bond motifs is 1. The molecule has 6 heteroatoms. The Morgan fingerprint density at radius 1 is 1.33 bits per heavy atom. The first-order chi connectivity index (χ1) is 11.3. The summed E-state index contributed by atoms with van der Waals surface area (Å²) in [5, 5.41) is 3.59. The van der Waals surface area contributed by atoms with E-state index in [1.807, 2.05) is 44.5 Å². The highest BCUT2D eigenvalue weighted by Gasteiger charge is 2.19. The lowest BCUT2D eigenvalue weighted by atomic mass is 10.1. The zero-order valence-corrected chi connectivity index (χ0v) is 14.8. The summed E-state index contributed by atoms with van der Waals surface area (Å²) in [7, 11) is 3.53. The molecular formula is C18H24N3O3+. The summed E-state index contributed by atoms with van der Waals surface area (Å²) in [6.45, 7) is 6.25. The number of aryl methyl sites for hydroxylation is 1. The molecule has 0 unspecified atom stereocenters. The van der Waals surface area contributed by atoms with Crippen molar-refractivity contribution in [1.82, 2.24) is 10.2 Å². The van der Waals surface area contributed by atoms with E-state index in [9.17, 15) is 9.59 Å². The van der Waals surface area contributed by atoms with Gasteiger partial charge in [0.05, 0.1) is 5.39 Å². The van der Waals surface area contributed by atoms with Crippen molar-refractivity contribution in [2.45, 2.75) is 26.8 Å². The molecule has 0 aliphatic heterocycles. The standard InChI is InChI=1S/C18H23N3O3/c1-6-20(4)18(23)24-16-9-7-8-15-14(16)10-13(11-21(15)5)17(22)19-12(2)3/h7-12H,6H2,1-5H3/p+1. The van der Waals surface area contributed by atoms with Gasteiger partial charge in [0.15, 0.2) is 6.20 Å². The fourth-order valence-electron chi connectivity index (χ4n) is 2.32. The van der Waals surface area contributed by atoms with Crippen LogP contribution in [-0.4, -0.2) is 36.5 Å². The van der Waals surface area contributed by atoms with Crippen LogP contribution in [0.1, 0.15) is 31.1 Å². The van der Waals surface area contributed by atoms with E-state index in [0.29, 0.717) is 23.2 Å². The monoisotopic (exact) mass is 330 g/mol. The second-order valence-electron chi connectivity index (χ2n) is 6.04. The SMILES string of the molecule is CCN(C)C(=O)Oc1cccc2c1cc(C(=O)NC(C)C)c[n+]2C. The van der Waals surface area contributed by atoms with Crippen molar-refractivity contribution in [3.05, 3.63) is 36.0 Å². The molecule has 0 saturated heterocycles. The van der Waals surface area contributed by atoms with Gasteiger partial charge >= 0.3 is 6.09 Å². The number of carbonyl (C=O) groups excluding carboxylic acids is 2. The van der Waals surface area contributed by atoms with Gasteiger partial charge in [0, 0.05) is 25.7 Å². The smallest absolute Gasteiger partial charge is 0.409 e. The minimum Gasteiger partial charge on any atom is -0.409 e. The molecule has 0 fully saturated rings.